The fourth-order valence-electron chi connectivity index (χ4n) is 4.27. The molecule has 0 atom stereocenters. The minimum atomic E-state index is 0.620. The minimum Gasteiger partial charge on any atom is -0.300 e. The molecule has 0 saturated carbocycles. The molecule has 0 aliphatic carbocycles. The first-order chi connectivity index (χ1) is 13.3. The lowest BCUT2D eigenvalue weighted by atomic mass is 10.00. The van der Waals surface area contributed by atoms with Crippen molar-refractivity contribution in [1.29, 1.82) is 0 Å². The summed E-state index contributed by atoms with van der Waals surface area (Å²) < 4.78 is 1.80. The molecule has 4 heterocycles. The Morgan fingerprint density at radius 2 is 1.78 bits per heavy atom. The van der Waals surface area contributed by atoms with Crippen LogP contribution in [0.1, 0.15) is 43.4 Å². The van der Waals surface area contributed by atoms with E-state index in [9.17, 15) is 0 Å². The molecule has 0 aromatic carbocycles. The Labute approximate surface area is 161 Å². The van der Waals surface area contributed by atoms with Crippen molar-refractivity contribution in [2.45, 2.75) is 45.1 Å². The molecule has 0 spiro atoms. The molecule has 0 bridgehead atoms. The van der Waals surface area contributed by atoms with Gasteiger partial charge in [-0.2, -0.15) is 5.10 Å². The fourth-order valence-corrected chi connectivity index (χ4v) is 4.27. The van der Waals surface area contributed by atoms with E-state index in [1.165, 1.54) is 58.3 Å². The maximum atomic E-state index is 4.43. The van der Waals surface area contributed by atoms with Crippen molar-refractivity contribution in [2.24, 2.45) is 0 Å². The summed E-state index contributed by atoms with van der Waals surface area (Å²) in [6.07, 6.45) is 16.7. The van der Waals surface area contributed by atoms with Gasteiger partial charge in [0.2, 0.25) is 0 Å². The van der Waals surface area contributed by atoms with Gasteiger partial charge < -0.3 is 4.90 Å². The van der Waals surface area contributed by atoms with E-state index in [-0.39, 0.29) is 0 Å². The average Bonchev–Trinajstić information content (AvgIpc) is 3.10. The zero-order valence-corrected chi connectivity index (χ0v) is 16.3. The van der Waals surface area contributed by atoms with Gasteiger partial charge in [-0.3, -0.25) is 4.90 Å². The smallest absolute Gasteiger partial charge is 0.250 e. The van der Waals surface area contributed by atoms with E-state index >= 15 is 0 Å². The van der Waals surface area contributed by atoms with E-state index in [1.54, 1.807) is 17.1 Å². The van der Waals surface area contributed by atoms with Gasteiger partial charge in [0.25, 0.3) is 5.95 Å². The Hall–Kier alpha value is -2.05. The summed E-state index contributed by atoms with van der Waals surface area (Å²) in [6, 6.07) is 2.63. The van der Waals surface area contributed by atoms with Gasteiger partial charge >= 0.3 is 0 Å². The predicted octanol–water partition coefficient (Wildman–Crippen LogP) is 2.93. The van der Waals surface area contributed by atoms with Crippen LogP contribution in [0, 0.1) is 6.92 Å². The van der Waals surface area contributed by atoms with Gasteiger partial charge in [0.15, 0.2) is 0 Å². The monoisotopic (exact) mass is 366 g/mol. The van der Waals surface area contributed by atoms with Crippen LogP contribution >= 0.6 is 0 Å². The molecular formula is C21H30N6. The van der Waals surface area contributed by atoms with Crippen LogP contribution in [0.3, 0.4) is 0 Å². The molecule has 2 fully saturated rings. The van der Waals surface area contributed by atoms with Crippen molar-refractivity contribution >= 4 is 6.08 Å². The summed E-state index contributed by atoms with van der Waals surface area (Å²) in [6.45, 7) is 8.13. The summed E-state index contributed by atoms with van der Waals surface area (Å²) in [5.74, 6) is 0.620. The Bertz CT molecular complexity index is 739. The molecule has 27 heavy (non-hydrogen) atoms. The van der Waals surface area contributed by atoms with Crippen LogP contribution in [0.4, 0.5) is 0 Å². The Balaban J connectivity index is 1.28. The number of nitrogens with zero attached hydrogens (tertiary/aromatic N) is 6. The number of hydrogen-bond donors (Lipinski definition) is 0. The van der Waals surface area contributed by atoms with Crippen LogP contribution in [-0.4, -0.2) is 68.3 Å². The number of hydrogen-bond acceptors (Lipinski definition) is 5. The highest BCUT2D eigenvalue weighted by atomic mass is 15.3. The van der Waals surface area contributed by atoms with E-state index in [4.69, 9.17) is 0 Å². The second-order valence-corrected chi connectivity index (χ2v) is 7.68. The van der Waals surface area contributed by atoms with E-state index in [0.717, 1.165) is 23.8 Å². The molecule has 0 N–H and O–H groups in total. The quantitative estimate of drug-likeness (QED) is 0.814. The van der Waals surface area contributed by atoms with E-state index in [2.05, 4.69) is 43.9 Å². The summed E-state index contributed by atoms with van der Waals surface area (Å²) in [4.78, 5) is 13.9. The molecule has 0 amide bonds. The zero-order valence-electron chi connectivity index (χ0n) is 16.3. The normalized spacial score (nSPS) is 20.5. The van der Waals surface area contributed by atoms with Gasteiger partial charge in [-0.1, -0.05) is 18.6 Å². The molecule has 0 unspecified atom stereocenters. The van der Waals surface area contributed by atoms with Gasteiger partial charge in [-0.25, -0.2) is 14.6 Å². The first-order valence-corrected chi connectivity index (χ1v) is 10.3. The molecule has 144 valence electrons. The van der Waals surface area contributed by atoms with Crippen molar-refractivity contribution in [1.82, 2.24) is 29.5 Å². The van der Waals surface area contributed by atoms with Crippen molar-refractivity contribution < 1.29 is 0 Å². The summed E-state index contributed by atoms with van der Waals surface area (Å²) >= 11 is 0. The lowest BCUT2D eigenvalue weighted by Gasteiger charge is -2.40. The summed E-state index contributed by atoms with van der Waals surface area (Å²) in [7, 11) is 0. The topological polar surface area (TPSA) is 50.1 Å². The molecule has 2 aromatic heterocycles. The molecular weight excluding hydrogens is 336 g/mol. The third kappa shape index (κ3) is 4.45. The molecule has 0 radical (unpaired) electrons. The maximum Gasteiger partial charge on any atom is 0.250 e. The van der Waals surface area contributed by atoms with Crippen molar-refractivity contribution in [3.8, 4) is 5.95 Å². The maximum absolute atomic E-state index is 4.43. The molecule has 2 saturated heterocycles. The number of rotatable bonds is 5. The second-order valence-electron chi connectivity index (χ2n) is 7.68. The van der Waals surface area contributed by atoms with Crippen LogP contribution < -0.4 is 0 Å². The first kappa shape index (κ1) is 18.3. The van der Waals surface area contributed by atoms with Gasteiger partial charge in [-0.15, -0.1) is 0 Å². The SMILES string of the molecule is Cc1c(/C=C/CN2CCC(N3CCCCC3)CC2)cnn1-c1ncccn1. The summed E-state index contributed by atoms with van der Waals surface area (Å²) in [5.41, 5.74) is 2.20. The zero-order chi connectivity index (χ0) is 18.5. The lowest BCUT2D eigenvalue weighted by molar-refractivity contribution is 0.0975. The molecule has 2 aromatic rings. The highest BCUT2D eigenvalue weighted by molar-refractivity contribution is 5.51. The van der Waals surface area contributed by atoms with Crippen molar-refractivity contribution in [2.75, 3.05) is 32.7 Å². The molecule has 2 aliphatic rings. The van der Waals surface area contributed by atoms with Crippen LogP contribution in [-0.2, 0) is 0 Å². The van der Waals surface area contributed by atoms with Crippen LogP contribution in [0.15, 0.2) is 30.7 Å². The molecule has 6 heteroatoms. The number of piperidine rings is 2. The fraction of sp³-hybridized carbons (Fsp3) is 0.571. The first-order valence-electron chi connectivity index (χ1n) is 10.3. The molecule has 4 rings (SSSR count). The van der Waals surface area contributed by atoms with Crippen LogP contribution in [0.2, 0.25) is 0 Å². The number of likely N-dealkylation sites (tertiary alicyclic amines) is 2. The Morgan fingerprint density at radius 3 is 2.52 bits per heavy atom. The second kappa shape index (κ2) is 8.76. The van der Waals surface area contributed by atoms with Gasteiger partial charge in [0, 0.05) is 30.5 Å². The highest BCUT2D eigenvalue weighted by Gasteiger charge is 2.24. The molecule has 6 nitrogen and oxygen atoms in total. The van der Waals surface area contributed by atoms with Crippen LogP contribution in [0.5, 0.6) is 0 Å². The van der Waals surface area contributed by atoms with Gasteiger partial charge in [-0.05, 0) is 64.9 Å². The third-order valence-electron chi connectivity index (χ3n) is 5.91. The standard InChI is InChI=1S/C21H30N6/c1-18-19(17-24-27(18)21-22-10-6-11-23-21)7-5-12-25-15-8-20(9-16-25)26-13-3-2-4-14-26/h5-7,10-11,17,20H,2-4,8-9,12-16H2,1H3/b7-5+. The van der Waals surface area contributed by atoms with Crippen molar-refractivity contribution in [3.63, 3.8) is 0 Å². The van der Waals surface area contributed by atoms with Gasteiger partial charge in [0.1, 0.15) is 0 Å². The lowest BCUT2D eigenvalue weighted by Crippen LogP contribution is -2.46. The third-order valence-corrected chi connectivity index (χ3v) is 5.91. The Morgan fingerprint density at radius 1 is 1.04 bits per heavy atom. The average molecular weight is 367 g/mol. The largest absolute Gasteiger partial charge is 0.300 e. The summed E-state index contributed by atoms with van der Waals surface area (Å²) in [5, 5.41) is 4.43. The van der Waals surface area contributed by atoms with E-state index in [0.29, 0.717) is 5.95 Å². The Kier molecular flexibility index (Phi) is 5.94. The molecule has 2 aliphatic heterocycles. The highest BCUT2D eigenvalue weighted by Crippen LogP contribution is 2.21. The van der Waals surface area contributed by atoms with Crippen LogP contribution in [0.25, 0.3) is 12.0 Å². The predicted molar refractivity (Wildman–Crippen MR) is 108 cm³/mol. The minimum absolute atomic E-state index is 0.620. The van der Waals surface area contributed by atoms with Gasteiger partial charge in [0.05, 0.1) is 11.9 Å². The van der Waals surface area contributed by atoms with Crippen molar-refractivity contribution in [3.05, 3.63) is 42.0 Å². The van der Waals surface area contributed by atoms with E-state index in [1.807, 2.05) is 12.3 Å². The number of aromatic nitrogens is 4. The van der Waals surface area contributed by atoms with E-state index < -0.39 is 0 Å².